The van der Waals surface area contributed by atoms with Gasteiger partial charge in [-0.2, -0.15) is 0 Å². The maximum Gasteiger partial charge on any atom is 0.336 e. The van der Waals surface area contributed by atoms with Crippen LogP contribution in [-0.4, -0.2) is 71.5 Å². The van der Waals surface area contributed by atoms with E-state index in [9.17, 15) is 9.59 Å². The summed E-state index contributed by atoms with van der Waals surface area (Å²) in [5.41, 5.74) is 7.15. The third-order valence-electron chi connectivity index (χ3n) is 8.96. The average Bonchev–Trinajstić information content (AvgIpc) is 3.53. The number of ketones is 1. The van der Waals surface area contributed by atoms with Gasteiger partial charge in [0.15, 0.2) is 5.78 Å². The Hall–Kier alpha value is -3.62. The summed E-state index contributed by atoms with van der Waals surface area (Å²) in [4.78, 5) is 32.1. The minimum Gasteiger partial charge on any atom is -0.459 e. The molecule has 0 unspecified atom stereocenters. The molecular weight excluding hydrogens is 530 g/mol. The van der Waals surface area contributed by atoms with Crippen molar-refractivity contribution in [3.8, 4) is 0 Å². The van der Waals surface area contributed by atoms with Gasteiger partial charge in [-0.15, -0.1) is 0 Å². The van der Waals surface area contributed by atoms with E-state index >= 15 is 0 Å². The summed E-state index contributed by atoms with van der Waals surface area (Å²) in [6.07, 6.45) is 2.92. The van der Waals surface area contributed by atoms with Crippen molar-refractivity contribution in [1.29, 1.82) is 0 Å². The quantitative estimate of drug-likeness (QED) is 0.481. The number of ether oxygens (including phenoxy) is 3. The minimum atomic E-state index is -0.485. The Bertz CT molecular complexity index is 1370. The highest BCUT2D eigenvalue weighted by atomic mass is 16.6. The SMILES string of the molecule is CC1=C(C(=O)OC[C@H]2CCCO2)[C@@H](c2ccc(N3CCOCC3)cc2)C2=C(C[C@@H](c3ccc(N(C)C)cc3)CC2=O)N1. The number of carbonyl (C=O) groups excluding carboxylic acids is 2. The number of benzene rings is 2. The number of nitrogens with zero attached hydrogens (tertiary/aromatic N) is 2. The fourth-order valence-electron chi connectivity index (χ4n) is 6.64. The average molecular weight is 572 g/mol. The number of nitrogens with one attached hydrogen (secondary N) is 1. The van der Waals surface area contributed by atoms with E-state index < -0.39 is 11.9 Å². The van der Waals surface area contributed by atoms with Crippen molar-refractivity contribution in [2.24, 2.45) is 0 Å². The molecule has 3 atom stereocenters. The molecule has 2 aromatic rings. The van der Waals surface area contributed by atoms with Crippen LogP contribution in [0.4, 0.5) is 11.4 Å². The highest BCUT2D eigenvalue weighted by molar-refractivity contribution is 6.04. The second-order valence-electron chi connectivity index (χ2n) is 11.9. The van der Waals surface area contributed by atoms with Crippen LogP contribution in [0.3, 0.4) is 0 Å². The minimum absolute atomic E-state index is 0.0663. The van der Waals surface area contributed by atoms with E-state index in [1.54, 1.807) is 0 Å². The van der Waals surface area contributed by atoms with Gasteiger partial charge in [0.25, 0.3) is 0 Å². The van der Waals surface area contributed by atoms with Gasteiger partial charge >= 0.3 is 5.97 Å². The van der Waals surface area contributed by atoms with E-state index in [-0.39, 0.29) is 24.4 Å². The number of morpholine rings is 1. The number of allylic oxidation sites excluding steroid dienone is 3. The van der Waals surface area contributed by atoms with Crippen molar-refractivity contribution >= 4 is 23.1 Å². The molecule has 8 heteroatoms. The zero-order valence-corrected chi connectivity index (χ0v) is 24.9. The Morgan fingerprint density at radius 2 is 1.71 bits per heavy atom. The van der Waals surface area contributed by atoms with Crippen molar-refractivity contribution in [3.05, 3.63) is 82.2 Å². The third-order valence-corrected chi connectivity index (χ3v) is 8.96. The Morgan fingerprint density at radius 3 is 2.38 bits per heavy atom. The molecule has 0 bridgehead atoms. The lowest BCUT2D eigenvalue weighted by molar-refractivity contribution is -0.142. The fourth-order valence-corrected chi connectivity index (χ4v) is 6.64. The summed E-state index contributed by atoms with van der Waals surface area (Å²) in [6.45, 7) is 5.96. The molecule has 2 fully saturated rings. The van der Waals surface area contributed by atoms with E-state index in [2.05, 4.69) is 63.6 Å². The van der Waals surface area contributed by atoms with Crippen LogP contribution in [0.5, 0.6) is 0 Å². The van der Waals surface area contributed by atoms with Crippen molar-refractivity contribution in [2.45, 2.75) is 50.5 Å². The van der Waals surface area contributed by atoms with Crippen LogP contribution in [0.1, 0.15) is 55.6 Å². The molecule has 0 aromatic heterocycles. The van der Waals surface area contributed by atoms with Gasteiger partial charge in [-0.05, 0) is 67.5 Å². The van der Waals surface area contributed by atoms with Crippen LogP contribution in [0.15, 0.2) is 71.1 Å². The lowest BCUT2D eigenvalue weighted by Gasteiger charge is -2.37. The number of dihydropyridines is 1. The molecule has 0 radical (unpaired) electrons. The molecule has 3 heterocycles. The van der Waals surface area contributed by atoms with Crippen molar-refractivity contribution < 1.29 is 23.8 Å². The number of hydrogen-bond donors (Lipinski definition) is 1. The molecule has 0 saturated carbocycles. The zero-order valence-electron chi connectivity index (χ0n) is 24.9. The largest absolute Gasteiger partial charge is 0.459 e. The highest BCUT2D eigenvalue weighted by Gasteiger charge is 2.41. The molecular formula is C34H41N3O5. The smallest absolute Gasteiger partial charge is 0.336 e. The normalized spacial score (nSPS) is 24.4. The van der Waals surface area contributed by atoms with Crippen LogP contribution < -0.4 is 15.1 Å². The predicted molar refractivity (Wildman–Crippen MR) is 163 cm³/mol. The highest BCUT2D eigenvalue weighted by Crippen LogP contribution is 2.46. The predicted octanol–water partition coefficient (Wildman–Crippen LogP) is 4.67. The molecule has 2 saturated heterocycles. The van der Waals surface area contributed by atoms with Crippen molar-refractivity contribution in [2.75, 3.05) is 63.4 Å². The molecule has 8 nitrogen and oxygen atoms in total. The van der Waals surface area contributed by atoms with Gasteiger partial charge in [-0.1, -0.05) is 24.3 Å². The monoisotopic (exact) mass is 571 g/mol. The molecule has 1 N–H and O–H groups in total. The standard InChI is InChI=1S/C34H41N3O5/c1-22-31(34(39)42-21-28-5-4-16-41-28)32(24-8-12-27(13-9-24)37-14-17-40-18-15-37)33-29(35-22)19-25(20-30(33)38)23-6-10-26(11-7-23)36(2)3/h6-13,25,28,32,35H,4-5,14-21H2,1-3H3/t25-,28-,32-/m1/s1. The van der Waals surface area contributed by atoms with Gasteiger partial charge in [0.05, 0.1) is 24.9 Å². The van der Waals surface area contributed by atoms with Crippen molar-refractivity contribution in [3.63, 3.8) is 0 Å². The molecule has 2 aromatic carbocycles. The third kappa shape index (κ3) is 5.83. The van der Waals surface area contributed by atoms with Gasteiger partial charge in [0.2, 0.25) is 0 Å². The maximum atomic E-state index is 14.0. The Kier molecular flexibility index (Phi) is 8.36. The molecule has 4 aliphatic rings. The molecule has 0 amide bonds. The summed E-state index contributed by atoms with van der Waals surface area (Å²) in [7, 11) is 4.04. The second-order valence-corrected chi connectivity index (χ2v) is 11.9. The summed E-state index contributed by atoms with van der Waals surface area (Å²) in [5, 5.41) is 3.48. The number of rotatable bonds is 7. The van der Waals surface area contributed by atoms with Gasteiger partial charge in [0.1, 0.15) is 6.61 Å². The summed E-state index contributed by atoms with van der Waals surface area (Å²) in [5.74, 6) is -0.727. The van der Waals surface area contributed by atoms with E-state index in [1.165, 1.54) is 0 Å². The van der Waals surface area contributed by atoms with Crippen molar-refractivity contribution in [1.82, 2.24) is 5.32 Å². The molecule has 0 spiro atoms. The lowest BCUT2D eigenvalue weighted by Crippen LogP contribution is -2.37. The number of hydrogen-bond acceptors (Lipinski definition) is 8. The first-order valence-electron chi connectivity index (χ1n) is 15.1. The Labute approximate surface area is 248 Å². The van der Waals surface area contributed by atoms with E-state index in [1.807, 2.05) is 21.0 Å². The van der Waals surface area contributed by atoms with Gasteiger partial charge in [0, 0.05) is 74.5 Å². The first-order valence-corrected chi connectivity index (χ1v) is 15.1. The molecule has 222 valence electrons. The number of anilines is 2. The molecule has 3 aliphatic heterocycles. The Morgan fingerprint density at radius 1 is 1.00 bits per heavy atom. The number of carbonyl (C=O) groups is 2. The summed E-state index contributed by atoms with van der Waals surface area (Å²) >= 11 is 0. The second kappa shape index (κ2) is 12.3. The van der Waals surface area contributed by atoms with E-state index in [0.29, 0.717) is 43.8 Å². The van der Waals surface area contributed by atoms with E-state index in [4.69, 9.17) is 14.2 Å². The maximum absolute atomic E-state index is 14.0. The topological polar surface area (TPSA) is 80.3 Å². The van der Waals surface area contributed by atoms with Crippen LogP contribution >= 0.6 is 0 Å². The van der Waals surface area contributed by atoms with Gasteiger partial charge in [-0.3, -0.25) is 4.79 Å². The number of esters is 1. The molecule has 42 heavy (non-hydrogen) atoms. The summed E-state index contributed by atoms with van der Waals surface area (Å²) < 4.78 is 17.0. The Balaban J connectivity index is 1.32. The van der Waals surface area contributed by atoms with Gasteiger partial charge < -0.3 is 29.3 Å². The van der Waals surface area contributed by atoms with Crippen LogP contribution in [0, 0.1) is 0 Å². The number of Topliss-reactive ketones (excluding diaryl/α,β-unsaturated/α-hetero) is 1. The zero-order chi connectivity index (χ0) is 29.2. The van der Waals surface area contributed by atoms with E-state index in [0.717, 1.165) is 59.8 Å². The van der Waals surface area contributed by atoms with Crippen LogP contribution in [0.2, 0.25) is 0 Å². The van der Waals surface area contributed by atoms with Crippen LogP contribution in [0.25, 0.3) is 0 Å². The lowest BCUT2D eigenvalue weighted by atomic mass is 9.71. The molecule has 1 aliphatic carbocycles. The van der Waals surface area contributed by atoms with Crippen LogP contribution in [-0.2, 0) is 23.8 Å². The molecule has 6 rings (SSSR count). The first kappa shape index (κ1) is 28.5. The first-order chi connectivity index (χ1) is 20.4. The van der Waals surface area contributed by atoms with Gasteiger partial charge in [-0.25, -0.2) is 4.79 Å². The fraction of sp³-hybridized carbons (Fsp3) is 0.471. The summed E-state index contributed by atoms with van der Waals surface area (Å²) in [6, 6.07) is 16.8.